The molecule has 0 unspecified atom stereocenters. The predicted octanol–water partition coefficient (Wildman–Crippen LogP) is 12.7. The van der Waals surface area contributed by atoms with Crippen molar-refractivity contribution in [2.45, 2.75) is 0 Å². The molecule has 55 heavy (non-hydrogen) atoms. The Morgan fingerprint density at radius 3 is 1.20 bits per heavy atom. The van der Waals surface area contributed by atoms with Gasteiger partial charge in [-0.1, -0.05) is 182 Å². The summed E-state index contributed by atoms with van der Waals surface area (Å²) in [7, 11) is 0. The van der Waals surface area contributed by atoms with Crippen LogP contribution >= 0.6 is 11.3 Å². The molecule has 5 nitrogen and oxygen atoms in total. The normalized spacial score (nSPS) is 11.3. The molecule has 0 aliphatic heterocycles. The van der Waals surface area contributed by atoms with Gasteiger partial charge in [-0.15, -0.1) is 11.3 Å². The maximum Gasteiger partial charge on any atom is 0.164 e. The number of thiophene rings is 1. The van der Waals surface area contributed by atoms with Gasteiger partial charge in [-0.3, -0.25) is 0 Å². The Bertz CT molecular complexity index is 2930. The highest BCUT2D eigenvalue weighted by atomic mass is 32.1. The minimum Gasteiger partial charge on any atom is -0.227 e. The molecule has 0 bridgehead atoms. The number of hydrogen-bond donors (Lipinski definition) is 0. The quantitative estimate of drug-likeness (QED) is 0.164. The first kappa shape index (κ1) is 32.5. The number of hydrogen-bond acceptors (Lipinski definition) is 6. The maximum absolute atomic E-state index is 5.31. The van der Waals surface area contributed by atoms with E-state index in [0.29, 0.717) is 23.3 Å². The highest BCUT2D eigenvalue weighted by molar-refractivity contribution is 7.25. The fourth-order valence-corrected chi connectivity index (χ4v) is 8.17. The van der Waals surface area contributed by atoms with Crippen LogP contribution in [0.2, 0.25) is 0 Å². The smallest absolute Gasteiger partial charge is 0.164 e. The predicted molar refractivity (Wildman–Crippen MR) is 226 cm³/mol. The van der Waals surface area contributed by atoms with E-state index in [9.17, 15) is 0 Å². The number of rotatable bonds is 7. The van der Waals surface area contributed by atoms with Gasteiger partial charge in [-0.25, -0.2) is 24.9 Å². The van der Waals surface area contributed by atoms with E-state index < -0.39 is 0 Å². The lowest BCUT2D eigenvalue weighted by atomic mass is 10.0. The SMILES string of the molecule is c1ccc(-c2ccc(-c3nc(-c4ccccc4)nc(-c4cccc5sc6nc(-c7ccc(-c8ccccc8)cc7)nc(-c7ccccc7)c6c45)n3)cc2)cc1. The molecule has 0 spiro atoms. The molecule has 0 amide bonds. The molecule has 0 radical (unpaired) electrons. The Morgan fingerprint density at radius 2 is 0.673 bits per heavy atom. The van der Waals surface area contributed by atoms with Gasteiger partial charge in [0, 0.05) is 43.3 Å². The van der Waals surface area contributed by atoms with Crippen molar-refractivity contribution in [1.29, 1.82) is 0 Å². The molecule has 0 aliphatic rings. The second-order valence-corrected chi connectivity index (χ2v) is 14.3. The minimum atomic E-state index is 0.598. The molecule has 7 aromatic carbocycles. The Balaban J connectivity index is 1.16. The molecule has 0 saturated carbocycles. The van der Waals surface area contributed by atoms with Crippen LogP contribution in [0.5, 0.6) is 0 Å². The highest BCUT2D eigenvalue weighted by Crippen LogP contribution is 2.43. The second-order valence-electron chi connectivity index (χ2n) is 13.3. The van der Waals surface area contributed by atoms with Crippen LogP contribution in [0.4, 0.5) is 0 Å². The molecule has 0 fully saturated rings. The highest BCUT2D eigenvalue weighted by Gasteiger charge is 2.22. The Hall–Kier alpha value is -7.15. The maximum atomic E-state index is 5.31. The third-order valence-corrected chi connectivity index (χ3v) is 10.9. The molecule has 10 aromatic rings. The fourth-order valence-electron chi connectivity index (χ4n) is 7.06. The summed E-state index contributed by atoms with van der Waals surface area (Å²) in [6, 6.07) is 64.5. The van der Waals surface area contributed by atoms with Gasteiger partial charge >= 0.3 is 0 Å². The molecule has 10 rings (SSSR count). The van der Waals surface area contributed by atoms with Gasteiger partial charge in [0.1, 0.15) is 4.83 Å². The number of nitrogens with zero attached hydrogens (tertiary/aromatic N) is 5. The van der Waals surface area contributed by atoms with Crippen molar-refractivity contribution in [1.82, 2.24) is 24.9 Å². The van der Waals surface area contributed by atoms with Crippen LogP contribution in [0.25, 0.3) is 99.4 Å². The fraction of sp³-hybridized carbons (Fsp3) is 0. The van der Waals surface area contributed by atoms with Crippen LogP contribution in [-0.4, -0.2) is 24.9 Å². The summed E-state index contributed by atoms with van der Waals surface area (Å²) < 4.78 is 1.09. The van der Waals surface area contributed by atoms with E-state index in [2.05, 4.69) is 140 Å². The van der Waals surface area contributed by atoms with E-state index in [4.69, 9.17) is 24.9 Å². The summed E-state index contributed by atoms with van der Waals surface area (Å²) in [5.74, 6) is 2.51. The summed E-state index contributed by atoms with van der Waals surface area (Å²) in [5, 5.41) is 2.02. The monoisotopic (exact) mass is 721 g/mol. The van der Waals surface area contributed by atoms with Crippen LogP contribution in [-0.2, 0) is 0 Å². The average molecular weight is 722 g/mol. The van der Waals surface area contributed by atoms with Crippen molar-refractivity contribution in [3.8, 4) is 79.1 Å². The molecular weight excluding hydrogens is 691 g/mol. The standard InChI is InChI=1S/C49H31N5S/c1-5-14-32(15-6-1)34-24-28-38(29-25-34)45-50-44(36-18-9-3-10-19-36)43-42-40(22-13-23-41(42)55-49(43)54-45)48-52-46(37-20-11-4-12-21-37)51-47(53-48)39-30-26-35(27-31-39)33-16-7-2-8-17-33/h1-31H. The Kier molecular flexibility index (Phi) is 8.28. The molecule has 0 saturated heterocycles. The van der Waals surface area contributed by atoms with Gasteiger partial charge in [0.25, 0.3) is 0 Å². The van der Waals surface area contributed by atoms with E-state index >= 15 is 0 Å². The minimum absolute atomic E-state index is 0.598. The topological polar surface area (TPSA) is 64.5 Å². The summed E-state index contributed by atoms with van der Waals surface area (Å²) in [5.41, 5.74) is 10.2. The van der Waals surface area contributed by atoms with Crippen molar-refractivity contribution in [3.63, 3.8) is 0 Å². The van der Waals surface area contributed by atoms with Crippen LogP contribution < -0.4 is 0 Å². The first-order chi connectivity index (χ1) is 27.2. The molecule has 0 atom stereocenters. The Labute approximate surface area is 322 Å². The van der Waals surface area contributed by atoms with Gasteiger partial charge in [-0.2, -0.15) is 0 Å². The second kappa shape index (κ2) is 14.0. The number of fused-ring (bicyclic) bond motifs is 3. The molecule has 0 N–H and O–H groups in total. The van der Waals surface area contributed by atoms with Crippen molar-refractivity contribution in [2.24, 2.45) is 0 Å². The summed E-state index contributed by atoms with van der Waals surface area (Å²) in [6.45, 7) is 0. The molecule has 0 aliphatic carbocycles. The zero-order valence-electron chi connectivity index (χ0n) is 29.5. The van der Waals surface area contributed by atoms with Crippen molar-refractivity contribution in [3.05, 3.63) is 188 Å². The van der Waals surface area contributed by atoms with Crippen molar-refractivity contribution in [2.75, 3.05) is 0 Å². The molecular formula is C49H31N5S. The van der Waals surface area contributed by atoms with Crippen LogP contribution in [0, 0.1) is 0 Å². The molecule has 6 heteroatoms. The molecule has 3 aromatic heterocycles. The average Bonchev–Trinajstić information content (AvgIpc) is 3.66. The number of benzene rings is 7. The Morgan fingerprint density at radius 1 is 0.273 bits per heavy atom. The third-order valence-electron chi connectivity index (χ3n) is 9.81. The number of aromatic nitrogens is 5. The van der Waals surface area contributed by atoms with Crippen LogP contribution in [0.3, 0.4) is 0 Å². The molecule has 3 heterocycles. The van der Waals surface area contributed by atoms with E-state index in [-0.39, 0.29) is 0 Å². The summed E-state index contributed by atoms with van der Waals surface area (Å²) in [6.07, 6.45) is 0. The van der Waals surface area contributed by atoms with Gasteiger partial charge in [0.2, 0.25) is 0 Å². The van der Waals surface area contributed by atoms with Gasteiger partial charge in [-0.05, 0) is 28.3 Å². The van der Waals surface area contributed by atoms with Crippen molar-refractivity contribution < 1.29 is 0 Å². The van der Waals surface area contributed by atoms with Crippen molar-refractivity contribution >= 4 is 31.6 Å². The summed E-state index contributed by atoms with van der Waals surface area (Å²) >= 11 is 1.67. The lowest BCUT2D eigenvalue weighted by Gasteiger charge is -2.11. The third kappa shape index (κ3) is 6.24. The van der Waals surface area contributed by atoms with Gasteiger partial charge in [0.15, 0.2) is 23.3 Å². The largest absolute Gasteiger partial charge is 0.227 e. The van der Waals surface area contributed by atoms with E-state index in [1.165, 1.54) is 5.56 Å². The van der Waals surface area contributed by atoms with E-state index in [1.807, 2.05) is 48.5 Å². The zero-order valence-corrected chi connectivity index (χ0v) is 30.4. The van der Waals surface area contributed by atoms with E-state index in [1.54, 1.807) is 11.3 Å². The first-order valence-electron chi connectivity index (χ1n) is 18.2. The van der Waals surface area contributed by atoms with Crippen LogP contribution in [0.1, 0.15) is 0 Å². The zero-order chi connectivity index (χ0) is 36.6. The lowest BCUT2D eigenvalue weighted by molar-refractivity contribution is 1.08. The van der Waals surface area contributed by atoms with E-state index in [0.717, 1.165) is 70.5 Å². The van der Waals surface area contributed by atoms with Gasteiger partial charge in [0.05, 0.1) is 5.69 Å². The first-order valence-corrected chi connectivity index (χ1v) is 19.0. The van der Waals surface area contributed by atoms with Crippen LogP contribution in [0.15, 0.2) is 188 Å². The summed E-state index contributed by atoms with van der Waals surface area (Å²) in [4.78, 5) is 26.8. The molecule has 258 valence electrons. The lowest BCUT2D eigenvalue weighted by Crippen LogP contribution is -2.00. The van der Waals surface area contributed by atoms with Gasteiger partial charge < -0.3 is 0 Å².